The SMILES string of the molecule is N#Cc1cnc(Cc2ccccc2Br)[nH]c1=O. The van der Waals surface area contributed by atoms with E-state index in [0.29, 0.717) is 12.2 Å². The smallest absolute Gasteiger partial charge is 0.268 e. The average molecular weight is 290 g/mol. The maximum atomic E-state index is 11.4. The molecule has 1 aromatic heterocycles. The van der Waals surface area contributed by atoms with Gasteiger partial charge in [0.05, 0.1) is 6.20 Å². The van der Waals surface area contributed by atoms with Crippen molar-refractivity contribution < 1.29 is 0 Å². The van der Waals surface area contributed by atoms with E-state index in [4.69, 9.17) is 5.26 Å². The topological polar surface area (TPSA) is 69.5 Å². The second-order valence-corrected chi connectivity index (χ2v) is 4.31. The Labute approximate surface area is 106 Å². The molecule has 2 aromatic rings. The van der Waals surface area contributed by atoms with E-state index >= 15 is 0 Å². The molecule has 0 saturated carbocycles. The van der Waals surface area contributed by atoms with E-state index in [1.807, 2.05) is 24.3 Å². The number of rotatable bonds is 2. The summed E-state index contributed by atoms with van der Waals surface area (Å²) in [5.74, 6) is 0.543. The second-order valence-electron chi connectivity index (χ2n) is 3.45. The van der Waals surface area contributed by atoms with Crippen molar-refractivity contribution in [3.63, 3.8) is 0 Å². The van der Waals surface area contributed by atoms with Gasteiger partial charge in [-0.15, -0.1) is 0 Å². The number of H-pyrrole nitrogens is 1. The number of aromatic nitrogens is 2. The number of nitrogens with one attached hydrogen (secondary N) is 1. The van der Waals surface area contributed by atoms with Gasteiger partial charge in [-0.3, -0.25) is 4.79 Å². The van der Waals surface area contributed by atoms with Gasteiger partial charge in [-0.25, -0.2) is 4.98 Å². The lowest BCUT2D eigenvalue weighted by molar-refractivity contribution is 0.937. The highest BCUT2D eigenvalue weighted by Gasteiger charge is 2.04. The highest BCUT2D eigenvalue weighted by molar-refractivity contribution is 9.10. The predicted octanol–water partition coefficient (Wildman–Crippen LogP) is 1.99. The molecule has 1 aromatic carbocycles. The van der Waals surface area contributed by atoms with Gasteiger partial charge >= 0.3 is 0 Å². The summed E-state index contributed by atoms with van der Waals surface area (Å²) in [5.41, 5.74) is 0.658. The fourth-order valence-electron chi connectivity index (χ4n) is 1.42. The molecular weight excluding hydrogens is 282 g/mol. The first-order chi connectivity index (χ1) is 8.20. The lowest BCUT2D eigenvalue weighted by Crippen LogP contribution is -2.14. The van der Waals surface area contributed by atoms with Crippen LogP contribution in [0.5, 0.6) is 0 Å². The largest absolute Gasteiger partial charge is 0.309 e. The van der Waals surface area contributed by atoms with Crippen LogP contribution in [0.4, 0.5) is 0 Å². The Morgan fingerprint density at radius 3 is 2.82 bits per heavy atom. The molecule has 0 aliphatic heterocycles. The van der Waals surface area contributed by atoms with Gasteiger partial charge in [0.15, 0.2) is 0 Å². The molecule has 0 radical (unpaired) electrons. The summed E-state index contributed by atoms with van der Waals surface area (Å²) in [6.45, 7) is 0. The van der Waals surface area contributed by atoms with Crippen molar-refractivity contribution >= 4 is 15.9 Å². The third-order valence-corrected chi connectivity index (χ3v) is 3.06. The molecule has 17 heavy (non-hydrogen) atoms. The van der Waals surface area contributed by atoms with Gasteiger partial charge in [0.2, 0.25) is 0 Å². The fraction of sp³-hybridized carbons (Fsp3) is 0.0833. The van der Waals surface area contributed by atoms with Crippen LogP contribution in [0.2, 0.25) is 0 Å². The van der Waals surface area contributed by atoms with Crippen LogP contribution in [0.1, 0.15) is 17.0 Å². The molecule has 0 aliphatic rings. The Morgan fingerprint density at radius 1 is 1.41 bits per heavy atom. The Balaban J connectivity index is 2.32. The zero-order chi connectivity index (χ0) is 12.3. The Morgan fingerprint density at radius 2 is 2.18 bits per heavy atom. The predicted molar refractivity (Wildman–Crippen MR) is 66.5 cm³/mol. The van der Waals surface area contributed by atoms with Crippen molar-refractivity contribution in [2.45, 2.75) is 6.42 Å². The van der Waals surface area contributed by atoms with Crippen molar-refractivity contribution in [3.05, 3.63) is 62.2 Å². The Hall–Kier alpha value is -1.93. The van der Waals surface area contributed by atoms with E-state index in [2.05, 4.69) is 25.9 Å². The monoisotopic (exact) mass is 289 g/mol. The van der Waals surface area contributed by atoms with E-state index in [1.165, 1.54) is 6.20 Å². The molecule has 0 fully saturated rings. The minimum atomic E-state index is -0.399. The van der Waals surface area contributed by atoms with Gasteiger partial charge in [0, 0.05) is 10.9 Å². The molecule has 0 saturated heterocycles. The van der Waals surface area contributed by atoms with Crippen molar-refractivity contribution in [2.75, 3.05) is 0 Å². The minimum absolute atomic E-state index is 0.0286. The third-order valence-electron chi connectivity index (χ3n) is 2.29. The summed E-state index contributed by atoms with van der Waals surface area (Å²) in [5, 5.41) is 8.63. The van der Waals surface area contributed by atoms with Crippen molar-refractivity contribution in [3.8, 4) is 6.07 Å². The van der Waals surface area contributed by atoms with E-state index in [9.17, 15) is 4.79 Å². The highest BCUT2D eigenvalue weighted by atomic mass is 79.9. The van der Waals surface area contributed by atoms with Crippen LogP contribution in [0.15, 0.2) is 39.7 Å². The van der Waals surface area contributed by atoms with Gasteiger partial charge < -0.3 is 4.98 Å². The third kappa shape index (κ3) is 2.60. The van der Waals surface area contributed by atoms with Gasteiger partial charge in [-0.05, 0) is 11.6 Å². The van der Waals surface area contributed by atoms with Gasteiger partial charge in [-0.1, -0.05) is 34.1 Å². The highest BCUT2D eigenvalue weighted by Crippen LogP contribution is 2.17. The zero-order valence-corrected chi connectivity index (χ0v) is 10.4. The van der Waals surface area contributed by atoms with E-state index in [-0.39, 0.29) is 5.56 Å². The maximum absolute atomic E-state index is 11.4. The number of nitriles is 1. The summed E-state index contributed by atoms with van der Waals surface area (Å²) in [6.07, 6.45) is 1.81. The molecule has 0 aliphatic carbocycles. The van der Waals surface area contributed by atoms with Crippen LogP contribution < -0.4 is 5.56 Å². The fourth-order valence-corrected chi connectivity index (χ4v) is 1.85. The van der Waals surface area contributed by atoms with Gasteiger partial charge in [0.1, 0.15) is 17.5 Å². The van der Waals surface area contributed by atoms with Crippen molar-refractivity contribution in [2.24, 2.45) is 0 Å². The molecule has 5 heteroatoms. The molecule has 0 unspecified atom stereocenters. The lowest BCUT2D eigenvalue weighted by Gasteiger charge is -2.03. The quantitative estimate of drug-likeness (QED) is 0.919. The number of nitrogens with zero attached hydrogens (tertiary/aromatic N) is 2. The molecule has 84 valence electrons. The van der Waals surface area contributed by atoms with E-state index in [0.717, 1.165) is 10.0 Å². The summed E-state index contributed by atoms with van der Waals surface area (Å²) < 4.78 is 0.965. The van der Waals surface area contributed by atoms with Crippen LogP contribution in [0.25, 0.3) is 0 Å². The summed E-state index contributed by atoms with van der Waals surface area (Å²) in [7, 11) is 0. The van der Waals surface area contributed by atoms with Crippen LogP contribution in [-0.4, -0.2) is 9.97 Å². The van der Waals surface area contributed by atoms with Crippen LogP contribution in [0.3, 0.4) is 0 Å². The number of aromatic amines is 1. The molecule has 0 spiro atoms. The van der Waals surface area contributed by atoms with Gasteiger partial charge in [0.25, 0.3) is 5.56 Å². The zero-order valence-electron chi connectivity index (χ0n) is 8.77. The number of hydrogen-bond donors (Lipinski definition) is 1. The molecule has 2 rings (SSSR count). The van der Waals surface area contributed by atoms with Crippen LogP contribution in [0, 0.1) is 11.3 Å². The second kappa shape index (κ2) is 4.93. The Kier molecular flexibility index (Phi) is 3.35. The average Bonchev–Trinajstić information content (AvgIpc) is 2.32. The summed E-state index contributed by atoms with van der Waals surface area (Å²) >= 11 is 3.43. The first-order valence-corrected chi connectivity index (χ1v) is 5.71. The normalized spacial score (nSPS) is 9.88. The number of halogens is 1. The van der Waals surface area contributed by atoms with E-state index < -0.39 is 5.56 Å². The molecule has 1 heterocycles. The number of benzene rings is 1. The van der Waals surface area contributed by atoms with E-state index in [1.54, 1.807) is 6.07 Å². The molecule has 0 atom stereocenters. The van der Waals surface area contributed by atoms with Gasteiger partial charge in [-0.2, -0.15) is 5.26 Å². The maximum Gasteiger partial charge on any atom is 0.268 e. The van der Waals surface area contributed by atoms with Crippen molar-refractivity contribution in [1.29, 1.82) is 5.26 Å². The molecular formula is C12H8BrN3O. The summed E-state index contributed by atoms with van der Waals surface area (Å²) in [4.78, 5) is 18.1. The molecule has 0 bridgehead atoms. The van der Waals surface area contributed by atoms with Crippen LogP contribution in [-0.2, 0) is 6.42 Å². The number of hydrogen-bond acceptors (Lipinski definition) is 3. The molecule has 1 N–H and O–H groups in total. The minimum Gasteiger partial charge on any atom is -0.309 e. The lowest BCUT2D eigenvalue weighted by atomic mass is 10.1. The first-order valence-electron chi connectivity index (χ1n) is 4.92. The Bertz CT molecular complexity index is 643. The molecule has 4 nitrogen and oxygen atoms in total. The van der Waals surface area contributed by atoms with Crippen LogP contribution >= 0.6 is 15.9 Å². The first kappa shape index (κ1) is 11.6. The van der Waals surface area contributed by atoms with Crippen molar-refractivity contribution in [1.82, 2.24) is 9.97 Å². The molecule has 0 amide bonds. The summed E-state index contributed by atoms with van der Waals surface area (Å²) in [6, 6.07) is 9.49. The standard InChI is InChI=1S/C12H8BrN3O/c13-10-4-2-1-3-8(10)5-11-15-7-9(6-14)12(17)16-11/h1-4,7H,5H2,(H,15,16,17).